The van der Waals surface area contributed by atoms with E-state index in [0.29, 0.717) is 16.3 Å². The molecule has 0 bridgehead atoms. The van der Waals surface area contributed by atoms with Gasteiger partial charge in [0, 0.05) is 27.6 Å². The minimum absolute atomic E-state index is 0.320. The van der Waals surface area contributed by atoms with Crippen molar-refractivity contribution in [2.75, 3.05) is 4.31 Å². The third-order valence-electron chi connectivity index (χ3n) is 6.72. The number of sulfonamides is 1. The highest BCUT2D eigenvalue weighted by Crippen LogP contribution is 2.51. The fourth-order valence-electron chi connectivity index (χ4n) is 5.31. The van der Waals surface area contributed by atoms with Crippen LogP contribution in [0.25, 0.3) is 38.6 Å². The molecule has 0 radical (unpaired) electrons. The summed E-state index contributed by atoms with van der Waals surface area (Å²) in [4.78, 5) is 0.320. The molecule has 0 saturated carbocycles. The summed E-state index contributed by atoms with van der Waals surface area (Å²) < 4.78 is 31.6. The molecule has 0 aliphatic carbocycles. The molecule has 0 saturated heterocycles. The smallest absolute Gasteiger partial charge is 0.269 e. The van der Waals surface area contributed by atoms with Gasteiger partial charge in [0.15, 0.2) is 0 Å². The van der Waals surface area contributed by atoms with Gasteiger partial charge in [-0.2, -0.15) is 0 Å². The average Bonchev–Trinajstić information content (AvgIpc) is 3.24. The molecule has 0 atom stereocenters. The lowest BCUT2D eigenvalue weighted by atomic mass is 9.96. The summed E-state index contributed by atoms with van der Waals surface area (Å²) in [5.74, 6) is 0. The normalized spacial score (nSPS) is 14.1. The SMILES string of the molecule is O=S1(=O)c2ccccc2-c2c(ccc3c2c2ccccc2n3-c2ccccc2)N1c1ccccc1. The summed E-state index contributed by atoms with van der Waals surface area (Å²) in [6.07, 6.45) is 0. The largest absolute Gasteiger partial charge is 0.309 e. The first-order valence-electron chi connectivity index (χ1n) is 11.5. The van der Waals surface area contributed by atoms with Gasteiger partial charge in [0.1, 0.15) is 0 Å². The Hall–Kier alpha value is -4.35. The Kier molecular flexibility index (Phi) is 4.20. The van der Waals surface area contributed by atoms with Crippen molar-refractivity contribution in [3.05, 3.63) is 121 Å². The van der Waals surface area contributed by atoms with Crippen LogP contribution >= 0.6 is 0 Å². The monoisotopic (exact) mass is 472 g/mol. The molecule has 0 fully saturated rings. The standard InChI is InChI=1S/C30H20N2O2S/c33-35(34)28-18-10-8-16-24(28)30-27(32(35)22-13-5-2-6-14-22)20-19-26-29(30)23-15-7-9-17-25(23)31(26)21-11-3-1-4-12-21/h1-20H. The third kappa shape index (κ3) is 2.76. The topological polar surface area (TPSA) is 42.3 Å². The van der Waals surface area contributed by atoms with Crippen LogP contribution in [0, 0.1) is 0 Å². The summed E-state index contributed by atoms with van der Waals surface area (Å²) in [7, 11) is -3.79. The number of hydrogen-bond acceptors (Lipinski definition) is 2. The van der Waals surface area contributed by atoms with Gasteiger partial charge in [-0.15, -0.1) is 0 Å². The van der Waals surface area contributed by atoms with Crippen LogP contribution in [0.4, 0.5) is 11.4 Å². The maximum atomic E-state index is 13.9. The number of nitrogens with zero attached hydrogens (tertiary/aromatic N) is 2. The van der Waals surface area contributed by atoms with E-state index in [9.17, 15) is 8.42 Å². The number of fused-ring (bicyclic) bond motifs is 7. The molecule has 5 heteroatoms. The Labute approximate surface area is 203 Å². The summed E-state index contributed by atoms with van der Waals surface area (Å²) in [6.45, 7) is 0. The van der Waals surface area contributed by atoms with E-state index in [2.05, 4.69) is 28.8 Å². The van der Waals surface area contributed by atoms with E-state index in [1.165, 1.54) is 4.31 Å². The quantitative estimate of drug-likeness (QED) is 0.265. The molecule has 4 nitrogen and oxygen atoms in total. The molecule has 1 aliphatic rings. The van der Waals surface area contributed by atoms with Crippen LogP contribution in [0.5, 0.6) is 0 Å². The van der Waals surface area contributed by atoms with Crippen molar-refractivity contribution in [1.29, 1.82) is 0 Å². The van der Waals surface area contributed by atoms with Gasteiger partial charge in [0.25, 0.3) is 10.0 Å². The Bertz CT molecular complexity index is 1860. The van der Waals surface area contributed by atoms with Crippen molar-refractivity contribution in [2.24, 2.45) is 0 Å². The predicted molar refractivity (Wildman–Crippen MR) is 142 cm³/mol. The van der Waals surface area contributed by atoms with Crippen molar-refractivity contribution in [2.45, 2.75) is 4.90 Å². The molecule has 168 valence electrons. The van der Waals surface area contributed by atoms with E-state index in [1.54, 1.807) is 12.1 Å². The van der Waals surface area contributed by atoms with Crippen LogP contribution in [-0.2, 0) is 10.0 Å². The van der Waals surface area contributed by atoms with Crippen LogP contribution in [0.15, 0.2) is 126 Å². The minimum Gasteiger partial charge on any atom is -0.309 e. The highest BCUT2D eigenvalue weighted by Gasteiger charge is 2.37. The van der Waals surface area contributed by atoms with Gasteiger partial charge in [0.2, 0.25) is 0 Å². The Balaban J connectivity index is 1.69. The summed E-state index contributed by atoms with van der Waals surface area (Å²) in [5.41, 5.74) is 6.14. The molecule has 2 heterocycles. The zero-order valence-corrected chi connectivity index (χ0v) is 19.5. The second-order valence-corrected chi connectivity index (χ2v) is 10.4. The lowest BCUT2D eigenvalue weighted by Crippen LogP contribution is -2.30. The second-order valence-electron chi connectivity index (χ2n) is 8.64. The third-order valence-corrected chi connectivity index (χ3v) is 8.52. The van der Waals surface area contributed by atoms with E-state index < -0.39 is 10.0 Å². The average molecular weight is 473 g/mol. The molecule has 0 unspecified atom stereocenters. The van der Waals surface area contributed by atoms with Gasteiger partial charge in [-0.25, -0.2) is 12.7 Å². The molecule has 1 aromatic heterocycles. The molecule has 35 heavy (non-hydrogen) atoms. The van der Waals surface area contributed by atoms with Gasteiger partial charge in [0.05, 0.1) is 27.3 Å². The number of anilines is 2. The maximum Gasteiger partial charge on any atom is 0.269 e. The van der Waals surface area contributed by atoms with Gasteiger partial charge in [-0.3, -0.25) is 0 Å². The number of rotatable bonds is 2. The first kappa shape index (κ1) is 20.1. The summed E-state index contributed by atoms with van der Waals surface area (Å²) in [6, 6.07) is 39.2. The molecule has 0 spiro atoms. The predicted octanol–water partition coefficient (Wildman–Crippen LogP) is 7.29. The molecule has 6 aromatic rings. The first-order valence-corrected chi connectivity index (χ1v) is 12.9. The molecule has 1 aliphatic heterocycles. The number of para-hydroxylation sites is 3. The molecule has 0 amide bonds. The minimum atomic E-state index is -3.79. The maximum absolute atomic E-state index is 13.9. The zero-order chi connectivity index (χ0) is 23.6. The van der Waals surface area contributed by atoms with Crippen molar-refractivity contribution in [3.8, 4) is 16.8 Å². The van der Waals surface area contributed by atoms with Crippen molar-refractivity contribution in [3.63, 3.8) is 0 Å². The van der Waals surface area contributed by atoms with Gasteiger partial charge in [-0.05, 0) is 48.5 Å². The van der Waals surface area contributed by atoms with Gasteiger partial charge >= 0.3 is 0 Å². The van der Waals surface area contributed by atoms with Crippen molar-refractivity contribution < 1.29 is 8.42 Å². The second kappa shape index (κ2) is 7.32. The molecular formula is C30H20N2O2S. The molecule has 7 rings (SSSR count). The first-order chi connectivity index (χ1) is 17.2. The zero-order valence-electron chi connectivity index (χ0n) is 18.7. The van der Waals surface area contributed by atoms with Crippen LogP contribution in [0.3, 0.4) is 0 Å². The Morgan fingerprint density at radius 2 is 1.17 bits per heavy atom. The molecular weight excluding hydrogens is 452 g/mol. The molecule has 0 N–H and O–H groups in total. The van der Waals surface area contributed by atoms with E-state index in [-0.39, 0.29) is 0 Å². The van der Waals surface area contributed by atoms with Crippen molar-refractivity contribution >= 4 is 43.2 Å². The van der Waals surface area contributed by atoms with E-state index in [1.807, 2.05) is 84.9 Å². The Morgan fingerprint density at radius 3 is 1.94 bits per heavy atom. The Morgan fingerprint density at radius 1 is 0.543 bits per heavy atom. The number of hydrogen-bond donors (Lipinski definition) is 0. The van der Waals surface area contributed by atoms with Crippen LogP contribution in [0.1, 0.15) is 0 Å². The lowest BCUT2D eigenvalue weighted by molar-refractivity contribution is 0.596. The molecule has 5 aromatic carbocycles. The van der Waals surface area contributed by atoms with Crippen LogP contribution < -0.4 is 4.31 Å². The van der Waals surface area contributed by atoms with E-state index >= 15 is 0 Å². The highest BCUT2D eigenvalue weighted by molar-refractivity contribution is 7.93. The number of benzene rings is 5. The lowest BCUT2D eigenvalue weighted by Gasteiger charge is -2.32. The number of aromatic nitrogens is 1. The summed E-state index contributed by atoms with van der Waals surface area (Å²) in [5, 5.41) is 2.13. The van der Waals surface area contributed by atoms with Crippen LogP contribution in [0.2, 0.25) is 0 Å². The van der Waals surface area contributed by atoms with Crippen LogP contribution in [-0.4, -0.2) is 13.0 Å². The van der Waals surface area contributed by atoms with Gasteiger partial charge in [-0.1, -0.05) is 72.8 Å². The fraction of sp³-hybridized carbons (Fsp3) is 0. The van der Waals surface area contributed by atoms with E-state index in [0.717, 1.165) is 38.6 Å². The highest BCUT2D eigenvalue weighted by atomic mass is 32.2. The summed E-state index contributed by atoms with van der Waals surface area (Å²) >= 11 is 0. The fourth-order valence-corrected chi connectivity index (χ4v) is 7.02. The van der Waals surface area contributed by atoms with Crippen molar-refractivity contribution in [1.82, 2.24) is 4.57 Å². The van der Waals surface area contributed by atoms with E-state index in [4.69, 9.17) is 0 Å². The van der Waals surface area contributed by atoms with Gasteiger partial charge < -0.3 is 4.57 Å².